The summed E-state index contributed by atoms with van der Waals surface area (Å²) in [4.78, 5) is 24.6. The van der Waals surface area contributed by atoms with Crippen LogP contribution in [0.2, 0.25) is 0 Å². The summed E-state index contributed by atoms with van der Waals surface area (Å²) in [7, 11) is 1.56. The van der Waals surface area contributed by atoms with E-state index in [2.05, 4.69) is 36.2 Å². The van der Waals surface area contributed by atoms with Gasteiger partial charge < -0.3 is 11.1 Å². The molecule has 0 radical (unpaired) electrons. The van der Waals surface area contributed by atoms with Crippen molar-refractivity contribution in [1.29, 1.82) is 0 Å². The summed E-state index contributed by atoms with van der Waals surface area (Å²) >= 11 is 4.36. The first-order valence-electron chi connectivity index (χ1n) is 9.73. The molecule has 3 N–H and O–H groups in total. The quantitative estimate of drug-likeness (QED) is 0.633. The van der Waals surface area contributed by atoms with Gasteiger partial charge in [-0.25, -0.2) is 18.7 Å². The number of rotatable bonds is 4. The molecular formula is C21H22BrF2N5OS. The highest BCUT2D eigenvalue weighted by Crippen LogP contribution is 2.63. The molecule has 1 aromatic heterocycles. The van der Waals surface area contributed by atoms with E-state index in [1.54, 1.807) is 7.05 Å². The van der Waals surface area contributed by atoms with Crippen LogP contribution < -0.4 is 11.1 Å². The molecule has 0 spiro atoms. The lowest BCUT2D eigenvalue weighted by atomic mass is 9.98. The summed E-state index contributed by atoms with van der Waals surface area (Å²) in [5.74, 6) is -1.39. The van der Waals surface area contributed by atoms with E-state index >= 15 is 0 Å². The van der Waals surface area contributed by atoms with E-state index in [1.807, 2.05) is 13.8 Å². The van der Waals surface area contributed by atoms with E-state index in [9.17, 15) is 13.6 Å². The molecule has 1 aliphatic heterocycles. The second kappa shape index (κ2) is 9.44. The predicted octanol–water partition coefficient (Wildman–Crippen LogP) is 4.48. The molecule has 31 heavy (non-hydrogen) atoms. The van der Waals surface area contributed by atoms with Gasteiger partial charge in [-0.2, -0.15) is 0 Å². The van der Waals surface area contributed by atoms with Gasteiger partial charge in [-0.3, -0.25) is 9.79 Å². The summed E-state index contributed by atoms with van der Waals surface area (Å²) in [6.45, 7) is 4.00. The van der Waals surface area contributed by atoms with Crippen LogP contribution >= 0.6 is 27.7 Å². The lowest BCUT2D eigenvalue weighted by Gasteiger charge is -2.25. The zero-order valence-electron chi connectivity index (χ0n) is 17.2. The third kappa shape index (κ3) is 4.64. The minimum Gasteiger partial charge on any atom is -0.378 e. The highest BCUT2D eigenvalue weighted by molar-refractivity contribution is 9.10. The number of benzene rings is 1. The lowest BCUT2D eigenvalue weighted by molar-refractivity contribution is -0.121. The first-order valence-corrected chi connectivity index (χ1v) is 11.3. The predicted molar refractivity (Wildman–Crippen MR) is 123 cm³/mol. The van der Waals surface area contributed by atoms with Gasteiger partial charge in [0.2, 0.25) is 5.91 Å². The number of carbonyl (C=O) groups excluding carboxylic acids is 1. The molecule has 3 unspecified atom stereocenters. The molecule has 164 valence electrons. The Bertz CT molecular complexity index is 1050. The van der Waals surface area contributed by atoms with Crippen molar-refractivity contribution < 1.29 is 13.6 Å². The minimum absolute atomic E-state index is 0.0660. The molecule has 2 aliphatic rings. The summed E-state index contributed by atoms with van der Waals surface area (Å²) in [5.41, 5.74) is 6.73. The molecule has 2 aromatic rings. The van der Waals surface area contributed by atoms with E-state index in [0.29, 0.717) is 16.6 Å². The third-order valence-corrected chi connectivity index (χ3v) is 6.75. The van der Waals surface area contributed by atoms with Crippen LogP contribution in [0.25, 0.3) is 11.9 Å². The van der Waals surface area contributed by atoms with Crippen LogP contribution in [0.1, 0.15) is 43.1 Å². The Labute approximate surface area is 192 Å². The van der Waals surface area contributed by atoms with E-state index in [0.717, 1.165) is 0 Å². The average molecular weight is 510 g/mol. The average Bonchev–Trinajstić information content (AvgIpc) is 3.51. The number of nitrogens with zero attached hydrogens (tertiary/aromatic N) is 3. The number of hydrogen-bond acceptors (Lipinski definition) is 6. The topological polar surface area (TPSA) is 93.3 Å². The van der Waals surface area contributed by atoms with Gasteiger partial charge in [-0.05, 0) is 46.1 Å². The Balaban J connectivity index is 0.00000132. The summed E-state index contributed by atoms with van der Waals surface area (Å²) in [6.07, 6.45) is 4.49. The van der Waals surface area contributed by atoms with Crippen LogP contribution in [0.15, 0.2) is 40.2 Å². The van der Waals surface area contributed by atoms with E-state index in [4.69, 9.17) is 5.73 Å². The van der Waals surface area contributed by atoms with Crippen molar-refractivity contribution in [3.8, 4) is 0 Å². The fraction of sp³-hybridized carbons (Fsp3) is 0.333. The van der Waals surface area contributed by atoms with Crippen molar-refractivity contribution in [2.75, 3.05) is 7.05 Å². The third-order valence-electron chi connectivity index (χ3n) is 5.00. The molecule has 1 aromatic carbocycles. The number of fused-ring (bicyclic) bond motifs is 1. The second-order valence-electron chi connectivity index (χ2n) is 6.79. The Morgan fingerprint density at radius 2 is 2.10 bits per heavy atom. The number of thioether (sulfide) groups is 1. The lowest BCUT2D eigenvalue weighted by Crippen LogP contribution is -2.38. The number of nitrogens with two attached hydrogens (primary N) is 1. The van der Waals surface area contributed by atoms with Crippen molar-refractivity contribution in [3.63, 3.8) is 0 Å². The molecule has 1 amide bonds. The molecule has 6 nitrogen and oxygen atoms in total. The monoisotopic (exact) mass is 509 g/mol. The Morgan fingerprint density at radius 3 is 2.74 bits per heavy atom. The number of aromatic nitrogens is 2. The number of hydrogen-bond donors (Lipinski definition) is 2. The molecule has 1 fully saturated rings. The standard InChI is InChI=1S/C19H16BrF2N5OS.C2H6/c1-24-17(28)19-6-11(19)16(27-18(23)29-19)10-4-9(2-3-12(10)21)5-13(22)14-7-26-15(20)8-25-14;1-2/h2-5,7-8,11,16H,6H2,1H3,(H2,23,27)(H,24,28);1-2H3/b13-5-;. The van der Waals surface area contributed by atoms with Crippen molar-refractivity contribution >= 4 is 50.7 Å². The van der Waals surface area contributed by atoms with Gasteiger partial charge in [0, 0.05) is 18.5 Å². The van der Waals surface area contributed by atoms with Gasteiger partial charge >= 0.3 is 0 Å². The molecule has 0 saturated heterocycles. The molecule has 3 atom stereocenters. The summed E-state index contributed by atoms with van der Waals surface area (Å²) < 4.78 is 28.9. The van der Waals surface area contributed by atoms with Gasteiger partial charge in [-0.1, -0.05) is 31.7 Å². The fourth-order valence-electron chi connectivity index (χ4n) is 3.53. The second-order valence-corrected chi connectivity index (χ2v) is 8.95. The summed E-state index contributed by atoms with van der Waals surface area (Å²) in [5, 5.41) is 2.88. The van der Waals surface area contributed by atoms with Crippen molar-refractivity contribution in [2.45, 2.75) is 31.1 Å². The van der Waals surface area contributed by atoms with E-state index in [-0.39, 0.29) is 28.3 Å². The SMILES string of the molecule is CC.CNC(=O)C12CC1C(c1cc(/C=C(\F)c3cnc(Br)cn3)ccc1F)N=C(N)S2. The Hall–Kier alpha value is -2.33. The highest BCUT2D eigenvalue weighted by Gasteiger charge is 2.66. The van der Waals surface area contributed by atoms with E-state index < -0.39 is 22.4 Å². The maximum atomic E-state index is 14.6. The molecule has 2 heterocycles. The van der Waals surface area contributed by atoms with Crippen LogP contribution in [0.5, 0.6) is 0 Å². The fourth-order valence-corrected chi connectivity index (χ4v) is 5.01. The zero-order chi connectivity index (χ0) is 22.8. The van der Waals surface area contributed by atoms with Gasteiger partial charge in [-0.15, -0.1) is 0 Å². The van der Waals surface area contributed by atoms with Crippen molar-refractivity contribution in [2.24, 2.45) is 16.6 Å². The van der Waals surface area contributed by atoms with Gasteiger partial charge in [0.1, 0.15) is 20.9 Å². The van der Waals surface area contributed by atoms with Crippen LogP contribution in [-0.2, 0) is 4.79 Å². The highest BCUT2D eigenvalue weighted by atomic mass is 79.9. The Kier molecular flexibility index (Phi) is 7.10. The zero-order valence-corrected chi connectivity index (χ0v) is 19.6. The molecule has 4 rings (SSSR count). The minimum atomic E-state index is -0.720. The van der Waals surface area contributed by atoms with Crippen LogP contribution in [-0.4, -0.2) is 32.8 Å². The first kappa shape index (κ1) is 23.3. The largest absolute Gasteiger partial charge is 0.378 e. The number of aliphatic imine (C=N–C) groups is 1. The maximum absolute atomic E-state index is 14.6. The van der Waals surface area contributed by atoms with Crippen LogP contribution in [0.3, 0.4) is 0 Å². The van der Waals surface area contributed by atoms with Gasteiger partial charge in [0.25, 0.3) is 0 Å². The summed E-state index contributed by atoms with van der Waals surface area (Å²) in [6, 6.07) is 3.66. The van der Waals surface area contributed by atoms with E-state index in [1.165, 1.54) is 48.4 Å². The number of amides is 1. The number of amidine groups is 1. The van der Waals surface area contributed by atoms with Crippen molar-refractivity contribution in [1.82, 2.24) is 15.3 Å². The van der Waals surface area contributed by atoms with Gasteiger partial charge in [0.15, 0.2) is 11.0 Å². The molecule has 1 saturated carbocycles. The molecule has 10 heteroatoms. The smallest absolute Gasteiger partial charge is 0.236 e. The van der Waals surface area contributed by atoms with Gasteiger partial charge in [0.05, 0.1) is 18.4 Å². The normalized spacial score (nSPS) is 24.3. The van der Waals surface area contributed by atoms with Crippen LogP contribution in [0, 0.1) is 11.7 Å². The maximum Gasteiger partial charge on any atom is 0.236 e. The number of carbonyl (C=O) groups is 1. The first-order chi connectivity index (χ1) is 14.8. The Morgan fingerprint density at radius 1 is 1.35 bits per heavy atom. The number of nitrogens with one attached hydrogen (secondary N) is 1. The molecular weight excluding hydrogens is 488 g/mol. The number of halogens is 3. The van der Waals surface area contributed by atoms with Crippen molar-refractivity contribution in [3.05, 3.63) is 57.8 Å². The van der Waals surface area contributed by atoms with Crippen LogP contribution in [0.4, 0.5) is 8.78 Å². The molecule has 1 aliphatic carbocycles. The molecule has 0 bridgehead atoms.